The van der Waals surface area contributed by atoms with Crippen LogP contribution < -0.4 is 0 Å². The molecular formula is C10H18NO3. The maximum absolute atomic E-state index is 11.3. The summed E-state index contributed by atoms with van der Waals surface area (Å²) >= 11 is 0. The monoisotopic (exact) mass is 200 g/mol. The third-order valence-electron chi connectivity index (χ3n) is 1.72. The van der Waals surface area contributed by atoms with Gasteiger partial charge in [-0.05, 0) is 27.2 Å². The van der Waals surface area contributed by atoms with E-state index in [9.17, 15) is 9.90 Å². The van der Waals surface area contributed by atoms with Gasteiger partial charge in [0.05, 0.1) is 6.61 Å². The van der Waals surface area contributed by atoms with Crippen molar-refractivity contribution in [3.05, 3.63) is 0 Å². The molecule has 1 atom stereocenters. The second-order valence-electron chi connectivity index (χ2n) is 4.19. The minimum absolute atomic E-state index is 0.211. The average Bonchev–Trinajstić information content (AvgIpc) is 2.03. The standard InChI is InChI=1S/C10H18NO3/c1-5-7(6-12)8(11)9(13)14-10(2,3)4/h7,11H,5-6H2,1-4H3. The first-order valence-electron chi connectivity index (χ1n) is 4.71. The molecule has 0 bridgehead atoms. The Morgan fingerprint density at radius 1 is 1.43 bits per heavy atom. The summed E-state index contributed by atoms with van der Waals surface area (Å²) in [5.74, 6) is -1.20. The van der Waals surface area contributed by atoms with Crippen molar-refractivity contribution < 1.29 is 14.6 Å². The van der Waals surface area contributed by atoms with Crippen molar-refractivity contribution >= 4 is 11.7 Å². The Bertz CT molecular complexity index is 214. The van der Waals surface area contributed by atoms with Crippen LogP contribution in [0.4, 0.5) is 0 Å². The molecule has 0 spiro atoms. The minimum atomic E-state index is -0.680. The maximum atomic E-state index is 11.3. The number of rotatable bonds is 4. The summed E-state index contributed by atoms with van der Waals surface area (Å²) in [5.41, 5.74) is -0.817. The molecule has 4 nitrogen and oxygen atoms in total. The van der Waals surface area contributed by atoms with E-state index in [0.29, 0.717) is 6.42 Å². The second kappa shape index (κ2) is 5.10. The van der Waals surface area contributed by atoms with Crippen LogP contribution in [-0.2, 0) is 14.6 Å². The van der Waals surface area contributed by atoms with E-state index in [4.69, 9.17) is 10.1 Å². The maximum Gasteiger partial charge on any atom is 0.352 e. The Morgan fingerprint density at radius 3 is 2.21 bits per heavy atom. The lowest BCUT2D eigenvalue weighted by Gasteiger charge is -2.21. The first kappa shape index (κ1) is 13.1. The molecular weight excluding hydrogens is 182 g/mol. The summed E-state index contributed by atoms with van der Waals surface area (Å²) in [6.07, 6.45) is 0.502. The Morgan fingerprint density at radius 2 is 1.93 bits per heavy atom. The Labute approximate surface area is 84.8 Å². The van der Waals surface area contributed by atoms with Crippen LogP contribution in [0.3, 0.4) is 0 Å². The SMILES string of the molecule is CCC(C[O])C(=N)C(=O)OC(C)(C)C. The lowest BCUT2D eigenvalue weighted by molar-refractivity contribution is -0.146. The molecule has 14 heavy (non-hydrogen) atoms. The molecule has 0 saturated heterocycles. The number of esters is 1. The van der Waals surface area contributed by atoms with Crippen molar-refractivity contribution in [1.82, 2.24) is 0 Å². The number of ether oxygens (including phenoxy) is 1. The molecule has 1 unspecified atom stereocenters. The fourth-order valence-electron chi connectivity index (χ4n) is 0.905. The van der Waals surface area contributed by atoms with Crippen molar-refractivity contribution in [3.8, 4) is 0 Å². The van der Waals surface area contributed by atoms with Gasteiger partial charge in [0, 0.05) is 5.92 Å². The lowest BCUT2D eigenvalue weighted by Crippen LogP contribution is -2.33. The van der Waals surface area contributed by atoms with Gasteiger partial charge in [-0.15, -0.1) is 0 Å². The zero-order valence-electron chi connectivity index (χ0n) is 9.22. The van der Waals surface area contributed by atoms with Gasteiger partial charge in [-0.2, -0.15) is 0 Å². The molecule has 1 N–H and O–H groups in total. The summed E-state index contributed by atoms with van der Waals surface area (Å²) in [4.78, 5) is 11.3. The minimum Gasteiger partial charge on any atom is -0.455 e. The van der Waals surface area contributed by atoms with Gasteiger partial charge < -0.3 is 4.74 Å². The van der Waals surface area contributed by atoms with Crippen LogP contribution in [-0.4, -0.2) is 23.9 Å². The van der Waals surface area contributed by atoms with E-state index in [1.165, 1.54) is 0 Å². The molecule has 0 aromatic heterocycles. The van der Waals surface area contributed by atoms with Crippen LogP contribution in [0.5, 0.6) is 0 Å². The van der Waals surface area contributed by atoms with Crippen molar-refractivity contribution in [2.75, 3.05) is 6.61 Å². The van der Waals surface area contributed by atoms with Crippen LogP contribution in [0.25, 0.3) is 0 Å². The van der Waals surface area contributed by atoms with Gasteiger partial charge in [0.2, 0.25) is 0 Å². The Balaban J connectivity index is 4.32. The molecule has 0 aliphatic carbocycles. The third kappa shape index (κ3) is 4.37. The molecule has 0 amide bonds. The largest absolute Gasteiger partial charge is 0.455 e. The highest BCUT2D eigenvalue weighted by Gasteiger charge is 2.25. The second-order valence-corrected chi connectivity index (χ2v) is 4.19. The van der Waals surface area contributed by atoms with Gasteiger partial charge >= 0.3 is 5.97 Å². The average molecular weight is 200 g/mol. The predicted molar refractivity (Wildman–Crippen MR) is 52.9 cm³/mol. The van der Waals surface area contributed by atoms with Crippen molar-refractivity contribution in [1.29, 1.82) is 5.41 Å². The summed E-state index contributed by atoms with van der Waals surface area (Å²) in [6.45, 7) is 6.54. The molecule has 0 heterocycles. The highest BCUT2D eigenvalue weighted by molar-refractivity contribution is 6.36. The fraction of sp³-hybridized carbons (Fsp3) is 0.800. The Hall–Kier alpha value is -0.900. The molecule has 0 aliphatic rings. The van der Waals surface area contributed by atoms with Crippen molar-refractivity contribution in [3.63, 3.8) is 0 Å². The molecule has 0 aromatic carbocycles. The van der Waals surface area contributed by atoms with Crippen LogP contribution >= 0.6 is 0 Å². The zero-order chi connectivity index (χ0) is 11.4. The van der Waals surface area contributed by atoms with E-state index in [1.807, 2.05) is 0 Å². The number of hydrogen-bond donors (Lipinski definition) is 1. The number of hydrogen-bond acceptors (Lipinski definition) is 3. The topological polar surface area (TPSA) is 70.0 Å². The predicted octanol–water partition coefficient (Wildman–Crippen LogP) is 1.80. The van der Waals surface area contributed by atoms with Crippen molar-refractivity contribution in [2.45, 2.75) is 39.7 Å². The van der Waals surface area contributed by atoms with E-state index in [2.05, 4.69) is 0 Å². The van der Waals surface area contributed by atoms with Gasteiger partial charge in [-0.25, -0.2) is 9.90 Å². The van der Waals surface area contributed by atoms with E-state index in [0.717, 1.165) is 0 Å². The molecule has 0 fully saturated rings. The van der Waals surface area contributed by atoms with Crippen LogP contribution in [0, 0.1) is 11.3 Å². The van der Waals surface area contributed by atoms with Crippen LogP contribution in [0.2, 0.25) is 0 Å². The smallest absolute Gasteiger partial charge is 0.352 e. The molecule has 0 saturated carbocycles. The number of carbonyl (C=O) groups is 1. The van der Waals surface area contributed by atoms with E-state index in [-0.39, 0.29) is 5.71 Å². The first-order chi connectivity index (χ1) is 6.31. The van der Waals surface area contributed by atoms with Gasteiger partial charge in [0.25, 0.3) is 0 Å². The highest BCUT2D eigenvalue weighted by Crippen LogP contribution is 2.11. The quantitative estimate of drug-likeness (QED) is 0.555. The Kier molecular flexibility index (Phi) is 4.77. The molecule has 0 aromatic rings. The normalized spacial score (nSPS) is 13.5. The summed E-state index contributed by atoms with van der Waals surface area (Å²) in [6, 6.07) is 0. The molecule has 0 rings (SSSR count). The summed E-state index contributed by atoms with van der Waals surface area (Å²) in [5, 5.41) is 18.1. The van der Waals surface area contributed by atoms with Gasteiger partial charge in [-0.1, -0.05) is 6.92 Å². The van der Waals surface area contributed by atoms with Gasteiger partial charge in [-0.3, -0.25) is 5.41 Å². The first-order valence-corrected chi connectivity index (χ1v) is 4.71. The van der Waals surface area contributed by atoms with E-state index < -0.39 is 24.1 Å². The van der Waals surface area contributed by atoms with Crippen LogP contribution in [0.1, 0.15) is 34.1 Å². The fourth-order valence-corrected chi connectivity index (χ4v) is 0.905. The van der Waals surface area contributed by atoms with E-state index >= 15 is 0 Å². The van der Waals surface area contributed by atoms with Crippen LogP contribution in [0.15, 0.2) is 0 Å². The molecule has 1 radical (unpaired) electrons. The number of carbonyl (C=O) groups excluding carboxylic acids is 1. The van der Waals surface area contributed by atoms with E-state index in [1.54, 1.807) is 27.7 Å². The number of nitrogens with one attached hydrogen (secondary N) is 1. The third-order valence-corrected chi connectivity index (χ3v) is 1.72. The zero-order valence-corrected chi connectivity index (χ0v) is 9.22. The highest BCUT2D eigenvalue weighted by atomic mass is 16.6. The van der Waals surface area contributed by atoms with Gasteiger partial charge in [0.1, 0.15) is 11.3 Å². The molecule has 81 valence electrons. The van der Waals surface area contributed by atoms with Gasteiger partial charge in [0.15, 0.2) is 0 Å². The molecule has 4 heteroatoms. The summed E-state index contributed by atoms with van der Waals surface area (Å²) in [7, 11) is 0. The molecule has 0 aliphatic heterocycles. The lowest BCUT2D eigenvalue weighted by atomic mass is 10.0. The summed E-state index contributed by atoms with van der Waals surface area (Å²) < 4.78 is 4.98. The van der Waals surface area contributed by atoms with Crippen molar-refractivity contribution in [2.24, 2.45) is 5.92 Å².